The van der Waals surface area contributed by atoms with Gasteiger partial charge in [0.05, 0.1) is 29.5 Å². The minimum atomic E-state index is -0.194. The average Bonchev–Trinajstić information content (AvgIpc) is 3.35. The number of aryl methyl sites for hydroxylation is 2. The van der Waals surface area contributed by atoms with Gasteiger partial charge in [-0.25, -0.2) is 4.57 Å². The number of ether oxygens (including phenoxy) is 1. The standard InChI is InChI=1S/C28H24N4O3S/c1-35-22-10-6-9-21(16-22)31-26(34)23-11-4-5-12-24(23)32-27(31)29-30-28(32)36-17-25(33)20-14-13-18-7-2-3-8-19(18)15-20/h4-6,9-16H,2-3,7-8,17H2,1H3. The summed E-state index contributed by atoms with van der Waals surface area (Å²) in [5.74, 6) is 1.30. The lowest BCUT2D eigenvalue weighted by Crippen LogP contribution is -2.22. The van der Waals surface area contributed by atoms with Crippen LogP contribution in [0.2, 0.25) is 0 Å². The lowest BCUT2D eigenvalue weighted by Gasteiger charge is -2.16. The molecule has 0 saturated carbocycles. The Morgan fingerprint density at radius 1 is 0.972 bits per heavy atom. The zero-order chi connectivity index (χ0) is 24.6. The molecule has 0 N–H and O–H groups in total. The number of rotatable bonds is 6. The molecule has 180 valence electrons. The second-order valence-corrected chi connectivity index (χ2v) is 9.82. The van der Waals surface area contributed by atoms with Crippen molar-refractivity contribution in [2.45, 2.75) is 30.8 Å². The Morgan fingerprint density at radius 3 is 2.67 bits per heavy atom. The van der Waals surface area contributed by atoms with Gasteiger partial charge >= 0.3 is 0 Å². The fraction of sp³-hybridized carbons (Fsp3) is 0.214. The van der Waals surface area contributed by atoms with E-state index in [1.54, 1.807) is 19.2 Å². The van der Waals surface area contributed by atoms with Crippen molar-refractivity contribution in [2.75, 3.05) is 12.9 Å². The molecule has 5 aromatic rings. The number of hydrogen-bond donors (Lipinski definition) is 0. The van der Waals surface area contributed by atoms with Gasteiger partial charge in [0.25, 0.3) is 5.56 Å². The molecule has 36 heavy (non-hydrogen) atoms. The summed E-state index contributed by atoms with van der Waals surface area (Å²) in [6.45, 7) is 0. The third-order valence-electron chi connectivity index (χ3n) is 6.71. The summed E-state index contributed by atoms with van der Waals surface area (Å²) in [6, 6.07) is 20.7. The third kappa shape index (κ3) is 3.87. The fourth-order valence-electron chi connectivity index (χ4n) is 4.87. The van der Waals surface area contributed by atoms with Crippen molar-refractivity contribution in [3.05, 3.63) is 93.8 Å². The van der Waals surface area contributed by atoms with Gasteiger partial charge in [-0.05, 0) is 67.1 Å². The molecule has 0 spiro atoms. The zero-order valence-corrected chi connectivity index (χ0v) is 20.6. The number of ketones is 1. The average molecular weight is 497 g/mol. The highest BCUT2D eigenvalue weighted by Crippen LogP contribution is 2.26. The van der Waals surface area contributed by atoms with Gasteiger partial charge in [-0.1, -0.05) is 42.1 Å². The SMILES string of the molecule is COc1cccc(-n2c(=O)c3ccccc3n3c(SCC(=O)c4ccc5c(c4)CCCC5)nnc23)c1. The lowest BCUT2D eigenvalue weighted by atomic mass is 9.90. The first kappa shape index (κ1) is 22.5. The number of methoxy groups -OCH3 is 1. The van der Waals surface area contributed by atoms with Crippen molar-refractivity contribution < 1.29 is 9.53 Å². The number of para-hydroxylation sites is 1. The monoisotopic (exact) mass is 496 g/mol. The molecule has 7 nitrogen and oxygen atoms in total. The number of aromatic nitrogens is 4. The van der Waals surface area contributed by atoms with Crippen LogP contribution in [0, 0.1) is 0 Å². The maximum atomic E-state index is 13.5. The maximum absolute atomic E-state index is 13.5. The van der Waals surface area contributed by atoms with Crippen LogP contribution in [0.4, 0.5) is 0 Å². The second kappa shape index (κ2) is 9.28. The van der Waals surface area contributed by atoms with Crippen LogP contribution in [0.1, 0.15) is 34.3 Å². The van der Waals surface area contributed by atoms with E-state index in [1.165, 1.54) is 40.3 Å². The molecule has 6 rings (SSSR count). The van der Waals surface area contributed by atoms with Gasteiger partial charge in [0, 0.05) is 11.6 Å². The summed E-state index contributed by atoms with van der Waals surface area (Å²) in [4.78, 5) is 26.6. The summed E-state index contributed by atoms with van der Waals surface area (Å²) < 4.78 is 8.75. The number of fused-ring (bicyclic) bond motifs is 4. The lowest BCUT2D eigenvalue weighted by molar-refractivity contribution is 0.102. The molecule has 0 aliphatic heterocycles. The Bertz CT molecular complexity index is 1690. The van der Waals surface area contributed by atoms with E-state index in [0.717, 1.165) is 18.4 Å². The summed E-state index contributed by atoms with van der Waals surface area (Å²) in [6.07, 6.45) is 4.51. The second-order valence-electron chi connectivity index (χ2n) is 8.88. The fourth-order valence-corrected chi connectivity index (χ4v) is 5.71. The van der Waals surface area contributed by atoms with E-state index in [2.05, 4.69) is 22.3 Å². The van der Waals surface area contributed by atoms with Crippen molar-refractivity contribution in [3.63, 3.8) is 0 Å². The predicted molar refractivity (Wildman–Crippen MR) is 141 cm³/mol. The Morgan fingerprint density at radius 2 is 1.81 bits per heavy atom. The first-order chi connectivity index (χ1) is 17.6. The molecule has 8 heteroatoms. The molecule has 1 aliphatic carbocycles. The van der Waals surface area contributed by atoms with Crippen LogP contribution < -0.4 is 10.3 Å². The van der Waals surface area contributed by atoms with Crippen molar-refractivity contribution in [1.29, 1.82) is 0 Å². The molecule has 0 radical (unpaired) electrons. The maximum Gasteiger partial charge on any atom is 0.267 e. The van der Waals surface area contributed by atoms with Crippen LogP contribution in [0.3, 0.4) is 0 Å². The first-order valence-corrected chi connectivity index (χ1v) is 12.9. The Balaban J connectivity index is 1.41. The van der Waals surface area contributed by atoms with Crippen molar-refractivity contribution in [2.24, 2.45) is 0 Å². The van der Waals surface area contributed by atoms with Crippen LogP contribution in [-0.4, -0.2) is 37.8 Å². The van der Waals surface area contributed by atoms with Gasteiger partial charge in [-0.3, -0.25) is 14.0 Å². The van der Waals surface area contributed by atoms with Gasteiger partial charge in [0.2, 0.25) is 5.78 Å². The van der Waals surface area contributed by atoms with E-state index < -0.39 is 0 Å². The van der Waals surface area contributed by atoms with Crippen molar-refractivity contribution >= 4 is 34.2 Å². The molecule has 1 aliphatic rings. The summed E-state index contributed by atoms with van der Waals surface area (Å²) in [5.41, 5.74) is 4.51. The van der Waals surface area contributed by atoms with E-state index in [4.69, 9.17) is 4.74 Å². The molecule has 3 aromatic carbocycles. The van der Waals surface area contributed by atoms with Crippen molar-refractivity contribution in [3.8, 4) is 11.4 Å². The molecular formula is C28H24N4O3S. The highest BCUT2D eigenvalue weighted by atomic mass is 32.2. The van der Waals surface area contributed by atoms with E-state index in [1.807, 2.05) is 46.9 Å². The molecule has 0 bridgehead atoms. The van der Waals surface area contributed by atoms with Crippen LogP contribution >= 0.6 is 11.8 Å². The minimum absolute atomic E-state index is 0.0514. The van der Waals surface area contributed by atoms with E-state index in [9.17, 15) is 9.59 Å². The van der Waals surface area contributed by atoms with Gasteiger partial charge in [-0.2, -0.15) is 0 Å². The van der Waals surface area contributed by atoms with E-state index in [0.29, 0.717) is 33.3 Å². The highest BCUT2D eigenvalue weighted by Gasteiger charge is 2.20. The molecule has 0 fully saturated rings. The minimum Gasteiger partial charge on any atom is -0.497 e. The van der Waals surface area contributed by atoms with Crippen LogP contribution in [-0.2, 0) is 12.8 Å². The summed E-state index contributed by atoms with van der Waals surface area (Å²) >= 11 is 1.33. The number of carbonyl (C=O) groups is 1. The number of hydrogen-bond acceptors (Lipinski definition) is 6. The molecule has 0 saturated heterocycles. The third-order valence-corrected chi connectivity index (χ3v) is 7.64. The number of thioether (sulfide) groups is 1. The van der Waals surface area contributed by atoms with Crippen molar-refractivity contribution in [1.82, 2.24) is 19.2 Å². The Kier molecular flexibility index (Phi) is 5.81. The number of carbonyl (C=O) groups excluding carboxylic acids is 1. The summed E-state index contributed by atoms with van der Waals surface area (Å²) in [7, 11) is 1.59. The normalized spacial score (nSPS) is 13.1. The smallest absolute Gasteiger partial charge is 0.267 e. The predicted octanol–water partition coefficient (Wildman–Crippen LogP) is 4.90. The highest BCUT2D eigenvalue weighted by molar-refractivity contribution is 7.99. The van der Waals surface area contributed by atoms with Crippen LogP contribution in [0.25, 0.3) is 22.4 Å². The van der Waals surface area contributed by atoms with Crippen LogP contribution in [0.15, 0.2) is 76.7 Å². The first-order valence-electron chi connectivity index (χ1n) is 11.9. The van der Waals surface area contributed by atoms with Gasteiger partial charge in [0.1, 0.15) is 5.75 Å². The molecule has 2 heterocycles. The molecule has 2 aromatic heterocycles. The van der Waals surface area contributed by atoms with E-state index in [-0.39, 0.29) is 17.1 Å². The van der Waals surface area contributed by atoms with E-state index >= 15 is 0 Å². The van der Waals surface area contributed by atoms with Gasteiger partial charge in [-0.15, -0.1) is 10.2 Å². The summed E-state index contributed by atoms with van der Waals surface area (Å²) in [5, 5.41) is 9.85. The van der Waals surface area contributed by atoms with Crippen LogP contribution in [0.5, 0.6) is 5.75 Å². The largest absolute Gasteiger partial charge is 0.497 e. The molecule has 0 unspecified atom stereocenters. The molecular weight excluding hydrogens is 472 g/mol. The van der Waals surface area contributed by atoms with Gasteiger partial charge < -0.3 is 4.74 Å². The number of Topliss-reactive ketones (excluding diaryl/α,β-unsaturated/α-hetero) is 1. The van der Waals surface area contributed by atoms with Gasteiger partial charge in [0.15, 0.2) is 10.9 Å². The molecule has 0 amide bonds. The Hall–Kier alpha value is -3.91. The molecule has 0 atom stereocenters. The topological polar surface area (TPSA) is 78.5 Å². The Labute approximate surface area is 211 Å². The zero-order valence-electron chi connectivity index (χ0n) is 19.8. The quantitative estimate of drug-likeness (QED) is 0.246. The number of benzene rings is 3. The number of nitrogens with zero attached hydrogens (tertiary/aromatic N) is 4.